The first kappa shape index (κ1) is 21.2. The van der Waals surface area contributed by atoms with Crippen molar-refractivity contribution >= 4 is 23.4 Å². The molecule has 0 unspecified atom stereocenters. The molecule has 0 saturated carbocycles. The van der Waals surface area contributed by atoms with Gasteiger partial charge in [0.1, 0.15) is 11.6 Å². The highest BCUT2D eigenvalue weighted by molar-refractivity contribution is 6.46. The van der Waals surface area contributed by atoms with Gasteiger partial charge in [0.2, 0.25) is 0 Å². The van der Waals surface area contributed by atoms with Crippen LogP contribution in [0.1, 0.15) is 42.9 Å². The van der Waals surface area contributed by atoms with Crippen LogP contribution < -0.4 is 0 Å². The SMILES string of the molecule is O=C(O)CCCCCN1C(=O)C(=O)C(=C(O)c2ccc(F)cc2)[C@H]1c1ccccc1. The standard InChI is InChI=1S/C23H22FNO5/c24-17-12-10-16(11-13-17)21(28)19-20(15-7-3-1-4-8-15)25(23(30)22(19)29)14-6-2-5-9-18(26)27/h1,3-4,7-8,10-13,20,28H,2,5-6,9,14H2,(H,26,27)/t20-/m1/s1. The number of rotatable bonds is 8. The molecule has 1 aliphatic heterocycles. The first-order valence-corrected chi connectivity index (χ1v) is 9.71. The number of benzene rings is 2. The number of aliphatic hydroxyl groups excluding tert-OH is 1. The van der Waals surface area contributed by atoms with Crippen LogP contribution in [-0.4, -0.2) is 39.3 Å². The van der Waals surface area contributed by atoms with Crippen molar-refractivity contribution in [2.75, 3.05) is 6.54 Å². The largest absolute Gasteiger partial charge is 0.507 e. The molecule has 2 aromatic rings. The number of ketones is 1. The number of likely N-dealkylation sites (tertiary alicyclic amines) is 1. The topological polar surface area (TPSA) is 94.9 Å². The second-order valence-corrected chi connectivity index (χ2v) is 7.11. The van der Waals surface area contributed by atoms with Crippen molar-refractivity contribution in [3.8, 4) is 0 Å². The molecule has 1 atom stereocenters. The summed E-state index contributed by atoms with van der Waals surface area (Å²) in [4.78, 5) is 37.6. The molecule has 30 heavy (non-hydrogen) atoms. The molecule has 1 saturated heterocycles. The molecule has 0 radical (unpaired) electrons. The monoisotopic (exact) mass is 411 g/mol. The Bertz CT molecular complexity index is 969. The lowest BCUT2D eigenvalue weighted by Crippen LogP contribution is -2.30. The molecule has 0 bridgehead atoms. The van der Waals surface area contributed by atoms with Crippen molar-refractivity contribution in [3.63, 3.8) is 0 Å². The van der Waals surface area contributed by atoms with Crippen molar-refractivity contribution in [3.05, 3.63) is 77.1 Å². The van der Waals surface area contributed by atoms with Crippen LogP contribution in [0.4, 0.5) is 4.39 Å². The van der Waals surface area contributed by atoms with E-state index in [-0.39, 0.29) is 29.9 Å². The van der Waals surface area contributed by atoms with Crippen LogP contribution in [0.2, 0.25) is 0 Å². The lowest BCUT2D eigenvalue weighted by atomic mass is 9.95. The second-order valence-electron chi connectivity index (χ2n) is 7.11. The summed E-state index contributed by atoms with van der Waals surface area (Å²) in [5.41, 5.74) is 0.881. The molecule has 3 rings (SSSR count). The lowest BCUT2D eigenvalue weighted by Gasteiger charge is -2.25. The zero-order valence-corrected chi connectivity index (χ0v) is 16.3. The Kier molecular flexibility index (Phi) is 6.61. The third-order valence-corrected chi connectivity index (χ3v) is 5.06. The fraction of sp³-hybridized carbons (Fsp3) is 0.261. The number of halogens is 1. The van der Waals surface area contributed by atoms with Crippen LogP contribution in [0, 0.1) is 5.82 Å². The highest BCUT2D eigenvalue weighted by atomic mass is 19.1. The smallest absolute Gasteiger partial charge is 0.303 e. The molecule has 1 heterocycles. The number of nitrogens with zero attached hydrogens (tertiary/aromatic N) is 1. The van der Waals surface area contributed by atoms with E-state index >= 15 is 0 Å². The van der Waals surface area contributed by atoms with Gasteiger partial charge in [-0.2, -0.15) is 0 Å². The van der Waals surface area contributed by atoms with E-state index in [4.69, 9.17) is 5.11 Å². The van der Waals surface area contributed by atoms with Crippen LogP contribution in [0.15, 0.2) is 60.2 Å². The molecular weight excluding hydrogens is 389 g/mol. The maximum atomic E-state index is 13.3. The molecule has 7 heteroatoms. The Morgan fingerprint density at radius 3 is 2.23 bits per heavy atom. The predicted molar refractivity (Wildman–Crippen MR) is 108 cm³/mol. The van der Waals surface area contributed by atoms with Gasteiger partial charge in [-0.15, -0.1) is 0 Å². The molecule has 2 N–H and O–H groups in total. The van der Waals surface area contributed by atoms with Crippen molar-refractivity contribution in [2.24, 2.45) is 0 Å². The number of carbonyl (C=O) groups excluding carboxylic acids is 2. The van der Waals surface area contributed by atoms with Gasteiger partial charge >= 0.3 is 5.97 Å². The van der Waals surface area contributed by atoms with Gasteiger partial charge in [0.05, 0.1) is 11.6 Å². The highest BCUT2D eigenvalue weighted by Crippen LogP contribution is 2.39. The molecule has 1 fully saturated rings. The number of Topliss-reactive ketones (excluding diaryl/α,β-unsaturated/α-hetero) is 1. The molecule has 156 valence electrons. The normalized spacial score (nSPS) is 18.0. The zero-order chi connectivity index (χ0) is 21.7. The van der Waals surface area contributed by atoms with E-state index in [1.165, 1.54) is 29.2 Å². The quantitative estimate of drug-likeness (QED) is 0.297. The van der Waals surface area contributed by atoms with Gasteiger partial charge in [0.15, 0.2) is 0 Å². The average molecular weight is 411 g/mol. The van der Waals surface area contributed by atoms with Gasteiger partial charge in [0, 0.05) is 18.5 Å². The highest BCUT2D eigenvalue weighted by Gasteiger charge is 2.45. The Morgan fingerprint density at radius 1 is 0.933 bits per heavy atom. The summed E-state index contributed by atoms with van der Waals surface area (Å²) in [5, 5.41) is 19.6. The van der Waals surface area contributed by atoms with Gasteiger partial charge < -0.3 is 15.1 Å². The summed E-state index contributed by atoms with van der Waals surface area (Å²) < 4.78 is 13.3. The first-order chi connectivity index (χ1) is 14.4. The molecule has 1 amide bonds. The number of carboxylic acid groups (broad SMARTS) is 1. The third kappa shape index (κ3) is 4.56. The van der Waals surface area contributed by atoms with E-state index in [9.17, 15) is 23.9 Å². The van der Waals surface area contributed by atoms with Crippen LogP contribution in [0.25, 0.3) is 5.76 Å². The van der Waals surface area contributed by atoms with Crippen LogP contribution in [0.3, 0.4) is 0 Å². The van der Waals surface area contributed by atoms with E-state index < -0.39 is 29.5 Å². The summed E-state index contributed by atoms with van der Waals surface area (Å²) in [6.07, 6.45) is 1.64. The molecule has 0 aliphatic carbocycles. The van der Waals surface area contributed by atoms with E-state index in [0.29, 0.717) is 24.8 Å². The number of unbranched alkanes of at least 4 members (excludes halogenated alkanes) is 2. The summed E-state index contributed by atoms with van der Waals surface area (Å²) in [6, 6.07) is 13.2. The molecule has 1 aliphatic rings. The second kappa shape index (κ2) is 9.35. The minimum Gasteiger partial charge on any atom is -0.507 e. The number of hydrogen-bond donors (Lipinski definition) is 2. The Labute approximate surface area is 173 Å². The summed E-state index contributed by atoms with van der Waals surface area (Å²) in [5.74, 6) is -3.22. The lowest BCUT2D eigenvalue weighted by molar-refractivity contribution is -0.140. The average Bonchev–Trinajstić information content (AvgIpc) is 2.99. The van der Waals surface area contributed by atoms with Crippen molar-refractivity contribution in [2.45, 2.75) is 31.7 Å². The van der Waals surface area contributed by atoms with Crippen molar-refractivity contribution in [1.82, 2.24) is 4.90 Å². The fourth-order valence-corrected chi connectivity index (χ4v) is 3.59. The van der Waals surface area contributed by atoms with Gasteiger partial charge in [-0.25, -0.2) is 4.39 Å². The number of amides is 1. The zero-order valence-electron chi connectivity index (χ0n) is 16.3. The molecule has 0 spiro atoms. The Hall–Kier alpha value is -3.48. The van der Waals surface area contributed by atoms with Crippen LogP contribution in [0.5, 0.6) is 0 Å². The summed E-state index contributed by atoms with van der Waals surface area (Å²) >= 11 is 0. The number of aliphatic carboxylic acids is 1. The first-order valence-electron chi connectivity index (χ1n) is 9.71. The fourth-order valence-electron chi connectivity index (χ4n) is 3.59. The Balaban J connectivity index is 1.94. The van der Waals surface area contributed by atoms with E-state index in [1.807, 2.05) is 6.07 Å². The molecular formula is C23H22FNO5. The predicted octanol–water partition coefficient (Wildman–Crippen LogP) is 3.89. The van der Waals surface area contributed by atoms with Gasteiger partial charge in [-0.1, -0.05) is 36.8 Å². The maximum absolute atomic E-state index is 13.3. The van der Waals surface area contributed by atoms with Crippen molar-refractivity contribution in [1.29, 1.82) is 0 Å². The number of carbonyl (C=O) groups is 3. The summed E-state index contributed by atoms with van der Waals surface area (Å²) in [6.45, 7) is 0.254. The Morgan fingerprint density at radius 2 is 1.60 bits per heavy atom. The van der Waals surface area contributed by atoms with Gasteiger partial charge in [-0.3, -0.25) is 14.4 Å². The minimum absolute atomic E-state index is 0.0386. The maximum Gasteiger partial charge on any atom is 0.303 e. The van der Waals surface area contributed by atoms with E-state index in [1.54, 1.807) is 24.3 Å². The number of aliphatic hydroxyl groups is 1. The van der Waals surface area contributed by atoms with Gasteiger partial charge in [-0.05, 0) is 42.7 Å². The minimum atomic E-state index is -0.876. The number of hydrogen-bond acceptors (Lipinski definition) is 4. The van der Waals surface area contributed by atoms with Crippen LogP contribution in [-0.2, 0) is 14.4 Å². The molecule has 0 aromatic heterocycles. The third-order valence-electron chi connectivity index (χ3n) is 5.06. The van der Waals surface area contributed by atoms with E-state index in [0.717, 1.165) is 0 Å². The molecule has 6 nitrogen and oxygen atoms in total. The summed E-state index contributed by atoms with van der Waals surface area (Å²) in [7, 11) is 0. The van der Waals surface area contributed by atoms with Gasteiger partial charge in [0.25, 0.3) is 11.7 Å². The van der Waals surface area contributed by atoms with Crippen molar-refractivity contribution < 1.29 is 29.0 Å². The molecule has 2 aromatic carbocycles. The van der Waals surface area contributed by atoms with Crippen LogP contribution >= 0.6 is 0 Å². The van der Waals surface area contributed by atoms with E-state index in [2.05, 4.69) is 0 Å². The number of carboxylic acids is 1.